The molecule has 3 aromatic rings. The Kier molecular flexibility index (Phi) is 5.65. The molecule has 0 aliphatic rings. The van der Waals surface area contributed by atoms with Crippen molar-refractivity contribution in [1.29, 1.82) is 0 Å². The molecule has 0 atom stereocenters. The van der Waals surface area contributed by atoms with Crippen molar-refractivity contribution in [2.75, 3.05) is 11.5 Å². The van der Waals surface area contributed by atoms with E-state index >= 15 is 0 Å². The summed E-state index contributed by atoms with van der Waals surface area (Å²) >= 11 is 11.9. The first-order chi connectivity index (χ1) is 12.7. The number of unbranched alkanes of at least 4 members (excludes halogenated alkanes) is 1. The minimum atomic E-state index is -3.46. The lowest BCUT2D eigenvalue weighted by atomic mass is 10.2. The van der Waals surface area contributed by atoms with Crippen LogP contribution in [0.2, 0.25) is 10.0 Å². The van der Waals surface area contributed by atoms with Crippen LogP contribution in [-0.4, -0.2) is 28.7 Å². The van der Waals surface area contributed by atoms with Gasteiger partial charge in [-0.3, -0.25) is 0 Å². The minimum absolute atomic E-state index is 0.0166. The summed E-state index contributed by atoms with van der Waals surface area (Å²) in [7, 11) is -3.46. The second-order valence-electron chi connectivity index (χ2n) is 6.44. The predicted molar refractivity (Wildman–Crippen MR) is 109 cm³/mol. The maximum atomic E-state index is 12.5. The zero-order chi connectivity index (χ0) is 19.8. The number of aromatic nitrogens is 3. The summed E-state index contributed by atoms with van der Waals surface area (Å²) in [6.07, 6.45) is 2.90. The molecule has 0 saturated heterocycles. The van der Waals surface area contributed by atoms with Gasteiger partial charge in [0.25, 0.3) is 0 Å². The summed E-state index contributed by atoms with van der Waals surface area (Å²) in [4.78, 5) is 8.75. The van der Waals surface area contributed by atoms with Crippen molar-refractivity contribution in [3.05, 3.63) is 45.8 Å². The fraction of sp³-hybridized carbons (Fsp3) is 0.333. The highest BCUT2D eigenvalue weighted by Gasteiger charge is 2.18. The molecule has 27 heavy (non-hydrogen) atoms. The Morgan fingerprint density at radius 2 is 1.93 bits per heavy atom. The number of nitrogens with two attached hydrogens (primary N) is 1. The third-order valence-corrected chi connectivity index (χ3v) is 6.96. The fourth-order valence-electron chi connectivity index (χ4n) is 3.10. The smallest absolute Gasteiger partial charge is 0.179 e. The van der Waals surface area contributed by atoms with Crippen LogP contribution in [0.3, 0.4) is 0 Å². The van der Waals surface area contributed by atoms with E-state index in [2.05, 4.69) is 14.5 Å². The Hall–Kier alpha value is -1.83. The summed E-state index contributed by atoms with van der Waals surface area (Å²) in [5, 5.41) is 0.558. The topological polar surface area (TPSA) is 90.9 Å². The SMILES string of the molecule is Cc1cnc(N)c2nc(C)n(CCCCS(=O)(=O)c3ccc(Cl)cc3Cl)c12. The fourth-order valence-corrected chi connectivity index (χ4v) is 5.30. The van der Waals surface area contributed by atoms with Gasteiger partial charge in [-0.15, -0.1) is 0 Å². The molecule has 2 N–H and O–H groups in total. The number of nitrogens with zero attached hydrogens (tertiary/aromatic N) is 3. The second-order valence-corrected chi connectivity index (χ2v) is 9.36. The zero-order valence-corrected chi connectivity index (χ0v) is 17.4. The van der Waals surface area contributed by atoms with Gasteiger partial charge < -0.3 is 10.3 Å². The van der Waals surface area contributed by atoms with Crippen LogP contribution in [0.5, 0.6) is 0 Å². The lowest BCUT2D eigenvalue weighted by Crippen LogP contribution is -2.09. The molecular formula is C18H20Cl2N4O2S. The Bertz CT molecular complexity index is 1110. The largest absolute Gasteiger partial charge is 0.382 e. The normalized spacial score (nSPS) is 12.0. The van der Waals surface area contributed by atoms with Gasteiger partial charge in [-0.2, -0.15) is 0 Å². The maximum Gasteiger partial charge on any atom is 0.179 e. The summed E-state index contributed by atoms with van der Waals surface area (Å²) in [6, 6.07) is 4.42. The predicted octanol–water partition coefficient (Wildman–Crippen LogP) is 4.19. The molecule has 1 aromatic carbocycles. The second kappa shape index (κ2) is 7.66. The van der Waals surface area contributed by atoms with Crippen LogP contribution in [0, 0.1) is 13.8 Å². The van der Waals surface area contributed by atoms with E-state index in [0.717, 1.165) is 16.9 Å². The van der Waals surface area contributed by atoms with Gasteiger partial charge in [0.2, 0.25) is 0 Å². The molecule has 144 valence electrons. The maximum absolute atomic E-state index is 12.5. The number of anilines is 1. The lowest BCUT2D eigenvalue weighted by Gasteiger charge is -2.10. The van der Waals surface area contributed by atoms with E-state index in [4.69, 9.17) is 28.9 Å². The number of hydrogen-bond donors (Lipinski definition) is 1. The van der Waals surface area contributed by atoms with Crippen LogP contribution in [0.4, 0.5) is 5.82 Å². The number of rotatable bonds is 6. The third kappa shape index (κ3) is 4.05. The van der Waals surface area contributed by atoms with E-state index in [9.17, 15) is 8.42 Å². The van der Waals surface area contributed by atoms with Crippen molar-refractivity contribution in [2.24, 2.45) is 0 Å². The summed E-state index contributed by atoms with van der Waals surface area (Å²) in [5.41, 5.74) is 8.54. The molecule has 9 heteroatoms. The number of fused-ring (bicyclic) bond motifs is 1. The third-order valence-electron chi connectivity index (χ3n) is 4.45. The molecule has 2 heterocycles. The number of imidazole rings is 1. The van der Waals surface area contributed by atoms with Crippen LogP contribution >= 0.6 is 23.2 Å². The highest BCUT2D eigenvalue weighted by molar-refractivity contribution is 7.91. The molecule has 2 aromatic heterocycles. The van der Waals surface area contributed by atoms with Crippen LogP contribution in [0.25, 0.3) is 11.0 Å². The minimum Gasteiger partial charge on any atom is -0.382 e. The number of pyridine rings is 1. The Balaban J connectivity index is 1.71. The summed E-state index contributed by atoms with van der Waals surface area (Å²) in [6.45, 7) is 4.51. The van der Waals surface area contributed by atoms with Gasteiger partial charge >= 0.3 is 0 Å². The van der Waals surface area contributed by atoms with Crippen LogP contribution < -0.4 is 5.73 Å². The first kappa shape index (κ1) is 19.9. The molecule has 3 rings (SSSR count). The zero-order valence-electron chi connectivity index (χ0n) is 15.0. The van der Waals surface area contributed by atoms with Crippen LogP contribution in [0.15, 0.2) is 29.3 Å². The number of nitrogen functional groups attached to an aromatic ring is 1. The molecule has 6 nitrogen and oxygen atoms in total. The standard InChI is InChI=1S/C18H20Cl2N4O2S/c1-11-10-22-18(21)16-17(11)24(12(2)23-16)7-3-4-8-27(25,26)15-6-5-13(19)9-14(15)20/h5-6,9-10H,3-4,7-8H2,1-2H3,(H2,21,22). The van der Waals surface area contributed by atoms with Crippen molar-refractivity contribution >= 4 is 49.9 Å². The van der Waals surface area contributed by atoms with Gasteiger partial charge in [0.1, 0.15) is 11.3 Å². The van der Waals surface area contributed by atoms with Gasteiger partial charge in [0.05, 0.1) is 21.2 Å². The van der Waals surface area contributed by atoms with Crippen molar-refractivity contribution in [3.8, 4) is 0 Å². The Morgan fingerprint density at radius 3 is 2.63 bits per heavy atom. The number of hydrogen-bond acceptors (Lipinski definition) is 5. The average molecular weight is 427 g/mol. The molecule has 0 unspecified atom stereocenters. The van der Waals surface area contributed by atoms with Crippen molar-refractivity contribution in [2.45, 2.75) is 38.1 Å². The Morgan fingerprint density at radius 1 is 1.19 bits per heavy atom. The number of sulfone groups is 1. The molecule has 0 aliphatic heterocycles. The Labute approximate surface area is 168 Å². The number of aryl methyl sites for hydroxylation is 3. The van der Waals surface area contributed by atoms with Gasteiger partial charge in [0.15, 0.2) is 15.7 Å². The van der Waals surface area contributed by atoms with E-state index < -0.39 is 9.84 Å². The average Bonchev–Trinajstić information content (AvgIpc) is 2.92. The molecule has 0 fully saturated rings. The van der Waals surface area contributed by atoms with Gasteiger partial charge in [-0.05, 0) is 50.5 Å². The lowest BCUT2D eigenvalue weighted by molar-refractivity contribution is 0.583. The molecule has 0 saturated carbocycles. The van der Waals surface area contributed by atoms with E-state index in [0.29, 0.717) is 35.7 Å². The van der Waals surface area contributed by atoms with E-state index in [1.165, 1.54) is 18.2 Å². The van der Waals surface area contributed by atoms with Crippen LogP contribution in [0.1, 0.15) is 24.2 Å². The van der Waals surface area contributed by atoms with Crippen molar-refractivity contribution in [1.82, 2.24) is 14.5 Å². The van der Waals surface area contributed by atoms with Gasteiger partial charge in [-0.25, -0.2) is 18.4 Å². The van der Waals surface area contributed by atoms with Crippen molar-refractivity contribution < 1.29 is 8.42 Å². The quantitative estimate of drug-likeness (QED) is 0.596. The number of halogens is 2. The first-order valence-electron chi connectivity index (χ1n) is 8.46. The number of benzene rings is 1. The van der Waals surface area contributed by atoms with E-state index in [1.54, 1.807) is 6.20 Å². The van der Waals surface area contributed by atoms with Crippen molar-refractivity contribution in [3.63, 3.8) is 0 Å². The van der Waals surface area contributed by atoms with Gasteiger partial charge in [-0.1, -0.05) is 23.2 Å². The highest BCUT2D eigenvalue weighted by Crippen LogP contribution is 2.27. The monoisotopic (exact) mass is 426 g/mol. The van der Waals surface area contributed by atoms with Gasteiger partial charge in [0, 0.05) is 17.8 Å². The molecular weight excluding hydrogens is 407 g/mol. The van der Waals surface area contributed by atoms with E-state index in [1.807, 2.05) is 13.8 Å². The van der Waals surface area contributed by atoms with E-state index in [-0.39, 0.29) is 15.7 Å². The molecule has 0 radical (unpaired) electrons. The highest BCUT2D eigenvalue weighted by atomic mass is 35.5. The molecule has 0 amide bonds. The molecule has 0 bridgehead atoms. The van der Waals surface area contributed by atoms with Crippen LogP contribution in [-0.2, 0) is 16.4 Å². The summed E-state index contributed by atoms with van der Waals surface area (Å²) < 4.78 is 27.1. The molecule has 0 aliphatic carbocycles. The first-order valence-corrected chi connectivity index (χ1v) is 10.9. The molecule has 0 spiro atoms. The summed E-state index contributed by atoms with van der Waals surface area (Å²) in [5.74, 6) is 1.25.